The zero-order valence-corrected chi connectivity index (χ0v) is 13.1. The third-order valence-electron chi connectivity index (χ3n) is 3.78. The lowest BCUT2D eigenvalue weighted by Crippen LogP contribution is -2.45. The van der Waals surface area contributed by atoms with Crippen LogP contribution in [0.5, 0.6) is 0 Å². The van der Waals surface area contributed by atoms with E-state index in [0.717, 1.165) is 5.56 Å². The molecule has 0 spiro atoms. The molecule has 0 fully saturated rings. The summed E-state index contributed by atoms with van der Waals surface area (Å²) in [4.78, 5) is 0. The second kappa shape index (κ2) is 6.24. The molecule has 25 heavy (non-hydrogen) atoms. The lowest BCUT2D eigenvalue weighted by Gasteiger charge is -2.28. The van der Waals surface area contributed by atoms with E-state index in [0.29, 0.717) is 11.5 Å². The van der Waals surface area contributed by atoms with E-state index >= 15 is 0 Å². The van der Waals surface area contributed by atoms with Gasteiger partial charge in [-0.15, -0.1) is 5.10 Å². The number of rotatable bonds is 3. The van der Waals surface area contributed by atoms with Crippen molar-refractivity contribution in [1.29, 1.82) is 0 Å². The van der Waals surface area contributed by atoms with Crippen molar-refractivity contribution < 1.29 is 8.78 Å². The van der Waals surface area contributed by atoms with E-state index in [-0.39, 0.29) is 5.69 Å². The molecule has 0 aliphatic carbocycles. The van der Waals surface area contributed by atoms with Gasteiger partial charge in [-0.25, -0.2) is 8.78 Å². The second-order valence-corrected chi connectivity index (χ2v) is 5.43. The Labute approximate surface area is 143 Å². The Bertz CT molecular complexity index is 893. The first-order valence-electron chi connectivity index (χ1n) is 7.74. The van der Waals surface area contributed by atoms with E-state index in [9.17, 15) is 8.78 Å². The molecule has 124 valence electrons. The molecule has 3 aromatic carbocycles. The smallest absolute Gasteiger partial charge is 0.176 e. The Morgan fingerprint density at radius 1 is 0.720 bits per heavy atom. The lowest BCUT2D eigenvalue weighted by molar-refractivity contribution is 0.565. The van der Waals surface area contributed by atoms with E-state index < -0.39 is 11.6 Å². The monoisotopic (exact) mass is 336 g/mol. The number of hydrogen-bond donors (Lipinski definition) is 1. The van der Waals surface area contributed by atoms with Crippen LogP contribution in [-0.2, 0) is 0 Å². The molecule has 0 saturated heterocycles. The van der Waals surface area contributed by atoms with Crippen molar-refractivity contribution in [2.24, 2.45) is 5.10 Å². The van der Waals surface area contributed by atoms with Crippen LogP contribution in [0.2, 0.25) is 0 Å². The van der Waals surface area contributed by atoms with E-state index in [2.05, 4.69) is 10.5 Å². The quantitative estimate of drug-likeness (QED) is 0.782. The summed E-state index contributed by atoms with van der Waals surface area (Å²) in [5.41, 5.74) is 4.24. The molecule has 0 aromatic heterocycles. The van der Waals surface area contributed by atoms with Gasteiger partial charge in [0.15, 0.2) is 23.2 Å². The summed E-state index contributed by atoms with van der Waals surface area (Å²) in [6, 6.07) is 22.3. The zero-order valence-electron chi connectivity index (χ0n) is 13.1. The van der Waals surface area contributed by atoms with Gasteiger partial charge in [-0.3, -0.25) is 5.43 Å². The highest BCUT2D eigenvalue weighted by Gasteiger charge is 2.30. The molecule has 4 rings (SSSR count). The first kappa shape index (κ1) is 15.1. The Hall–Kier alpha value is -3.41. The first-order chi connectivity index (χ1) is 12.2. The molecule has 6 heteroatoms. The normalized spacial score (nSPS) is 13.6. The van der Waals surface area contributed by atoms with Gasteiger partial charge >= 0.3 is 0 Å². The van der Waals surface area contributed by atoms with Crippen LogP contribution < -0.4 is 15.7 Å². The van der Waals surface area contributed by atoms with Gasteiger partial charge in [0.2, 0.25) is 0 Å². The van der Waals surface area contributed by atoms with Gasteiger partial charge in [0.25, 0.3) is 0 Å². The van der Waals surface area contributed by atoms with Crippen molar-refractivity contribution in [3.05, 3.63) is 96.1 Å². The number of para-hydroxylation sites is 2. The summed E-state index contributed by atoms with van der Waals surface area (Å²) >= 11 is 0. The summed E-state index contributed by atoms with van der Waals surface area (Å²) in [6.07, 6.45) is 0. The standard InChI is InChI=1S/C19H14F2N4/c20-16-12-7-13-17(21)18(16)25-23-19(14-8-3-1-4-9-14)22-24(25)15-10-5-2-6-11-15/h1-13H,(H,22,23). The predicted octanol–water partition coefficient (Wildman–Crippen LogP) is 4.07. The van der Waals surface area contributed by atoms with Crippen molar-refractivity contribution in [1.82, 2.24) is 5.43 Å². The molecule has 4 nitrogen and oxygen atoms in total. The minimum Gasteiger partial charge on any atom is -0.259 e. The van der Waals surface area contributed by atoms with E-state index in [1.54, 1.807) is 0 Å². The minimum absolute atomic E-state index is 0.221. The Morgan fingerprint density at radius 2 is 1.32 bits per heavy atom. The number of hydrazone groups is 1. The van der Waals surface area contributed by atoms with Gasteiger partial charge in [0.05, 0.1) is 5.69 Å². The van der Waals surface area contributed by atoms with Gasteiger partial charge in [-0.1, -0.05) is 54.6 Å². The van der Waals surface area contributed by atoms with Crippen LogP contribution in [0.25, 0.3) is 0 Å². The van der Waals surface area contributed by atoms with Gasteiger partial charge in [-0.05, 0) is 24.3 Å². The lowest BCUT2D eigenvalue weighted by atomic mass is 10.2. The largest absolute Gasteiger partial charge is 0.259 e. The summed E-state index contributed by atoms with van der Waals surface area (Å²) in [6.45, 7) is 0. The molecule has 0 amide bonds. The number of hydrazine groups is 2. The van der Waals surface area contributed by atoms with Crippen LogP contribution in [0.1, 0.15) is 5.56 Å². The van der Waals surface area contributed by atoms with E-state index in [4.69, 9.17) is 0 Å². The van der Waals surface area contributed by atoms with Crippen molar-refractivity contribution in [3.63, 3.8) is 0 Å². The molecule has 1 heterocycles. The van der Waals surface area contributed by atoms with Crippen molar-refractivity contribution in [2.45, 2.75) is 0 Å². The SMILES string of the molecule is Fc1cccc(F)c1N1NC(c2ccccc2)=NN1c1ccccc1. The Balaban J connectivity index is 1.81. The van der Waals surface area contributed by atoms with Crippen molar-refractivity contribution in [2.75, 3.05) is 10.2 Å². The number of benzene rings is 3. The fraction of sp³-hybridized carbons (Fsp3) is 0. The molecule has 1 aliphatic rings. The molecule has 0 radical (unpaired) electrons. The highest BCUT2D eigenvalue weighted by Crippen LogP contribution is 2.29. The van der Waals surface area contributed by atoms with Crippen LogP contribution in [0.4, 0.5) is 20.2 Å². The third-order valence-corrected chi connectivity index (χ3v) is 3.78. The number of anilines is 2. The maximum Gasteiger partial charge on any atom is 0.176 e. The van der Waals surface area contributed by atoms with E-state index in [1.165, 1.54) is 28.4 Å². The average Bonchev–Trinajstić information content (AvgIpc) is 3.08. The molecular formula is C19H14F2N4. The molecular weight excluding hydrogens is 322 g/mol. The summed E-state index contributed by atoms with van der Waals surface area (Å²) in [7, 11) is 0. The highest BCUT2D eigenvalue weighted by molar-refractivity contribution is 6.02. The Morgan fingerprint density at radius 3 is 1.96 bits per heavy atom. The molecule has 0 atom stereocenters. The van der Waals surface area contributed by atoms with E-state index in [1.807, 2.05) is 60.7 Å². The number of halogens is 2. The molecule has 0 unspecified atom stereocenters. The Kier molecular flexibility index (Phi) is 3.78. The zero-order chi connectivity index (χ0) is 17.2. The fourth-order valence-corrected chi connectivity index (χ4v) is 2.60. The van der Waals surface area contributed by atoms with Gasteiger partial charge in [0.1, 0.15) is 0 Å². The maximum atomic E-state index is 14.3. The van der Waals surface area contributed by atoms with Crippen molar-refractivity contribution >= 4 is 17.2 Å². The maximum absolute atomic E-state index is 14.3. The molecule has 3 aromatic rings. The summed E-state index contributed by atoms with van der Waals surface area (Å²) < 4.78 is 28.6. The average molecular weight is 336 g/mol. The number of hydrogen-bond acceptors (Lipinski definition) is 4. The molecule has 1 aliphatic heterocycles. The first-order valence-corrected chi connectivity index (χ1v) is 7.74. The van der Waals surface area contributed by atoms with Crippen molar-refractivity contribution in [3.8, 4) is 0 Å². The van der Waals surface area contributed by atoms with Crippen LogP contribution in [0, 0.1) is 11.6 Å². The van der Waals surface area contributed by atoms with Gasteiger partial charge in [0, 0.05) is 5.56 Å². The predicted molar refractivity (Wildman–Crippen MR) is 93.9 cm³/mol. The van der Waals surface area contributed by atoms with Crippen LogP contribution in [-0.4, -0.2) is 5.84 Å². The number of amidine groups is 1. The second-order valence-electron chi connectivity index (χ2n) is 5.43. The highest BCUT2D eigenvalue weighted by atomic mass is 19.1. The molecule has 0 bridgehead atoms. The van der Waals surface area contributed by atoms with Crippen LogP contribution >= 0.6 is 0 Å². The van der Waals surface area contributed by atoms with Crippen LogP contribution in [0.15, 0.2) is 84.0 Å². The number of nitrogens with one attached hydrogen (secondary N) is 1. The minimum atomic E-state index is -0.682. The third kappa shape index (κ3) is 2.78. The van der Waals surface area contributed by atoms with Gasteiger partial charge in [-0.2, -0.15) is 10.2 Å². The van der Waals surface area contributed by atoms with Gasteiger partial charge < -0.3 is 0 Å². The summed E-state index contributed by atoms with van der Waals surface area (Å²) in [5, 5.41) is 7.20. The van der Waals surface area contributed by atoms with Crippen LogP contribution in [0.3, 0.4) is 0 Å². The topological polar surface area (TPSA) is 30.9 Å². The fourth-order valence-electron chi connectivity index (χ4n) is 2.60. The molecule has 0 saturated carbocycles. The number of nitrogens with zero attached hydrogens (tertiary/aromatic N) is 3. The molecule has 1 N–H and O–H groups in total. The summed E-state index contributed by atoms with van der Waals surface area (Å²) in [5.74, 6) is -0.872.